The van der Waals surface area contributed by atoms with Gasteiger partial charge in [-0.15, -0.1) is 0 Å². The Hall–Kier alpha value is -0.0800. The minimum Gasteiger partial charge on any atom is -0.394 e. The van der Waals surface area contributed by atoms with E-state index in [1.54, 1.807) is 0 Å². The number of hydrogen-bond acceptors (Lipinski definition) is 2. The van der Waals surface area contributed by atoms with Crippen molar-refractivity contribution in [3.63, 3.8) is 0 Å². The molecule has 140 valence electrons. The second-order valence-corrected chi connectivity index (χ2v) is 7.28. The molecular formula is C21H44O2. The largest absolute Gasteiger partial charge is 0.394 e. The molecule has 0 amide bonds. The Morgan fingerprint density at radius 2 is 0.826 bits per heavy atom. The molecule has 0 aliphatic rings. The zero-order chi connectivity index (χ0) is 17.0. The highest BCUT2D eigenvalue weighted by molar-refractivity contribution is 4.54. The summed E-state index contributed by atoms with van der Waals surface area (Å²) >= 11 is 0. The van der Waals surface area contributed by atoms with Crippen LogP contribution >= 0.6 is 0 Å². The predicted octanol–water partition coefficient (Wildman–Crippen LogP) is 6.38. The van der Waals surface area contributed by atoms with Gasteiger partial charge >= 0.3 is 0 Å². The number of unbranched alkanes of at least 4 members (excludes halogenated alkanes) is 16. The minimum atomic E-state index is -0.494. The summed E-state index contributed by atoms with van der Waals surface area (Å²) in [6.07, 6.45) is 23.7. The molecule has 2 heteroatoms. The normalized spacial score (nSPS) is 12.7. The van der Waals surface area contributed by atoms with Crippen molar-refractivity contribution < 1.29 is 10.2 Å². The van der Waals surface area contributed by atoms with Crippen molar-refractivity contribution >= 4 is 0 Å². The molecule has 2 N–H and O–H groups in total. The van der Waals surface area contributed by atoms with Crippen LogP contribution in [0, 0.1) is 0 Å². The van der Waals surface area contributed by atoms with Gasteiger partial charge in [0.1, 0.15) is 0 Å². The van der Waals surface area contributed by atoms with Gasteiger partial charge in [0, 0.05) is 0 Å². The van der Waals surface area contributed by atoms with E-state index in [2.05, 4.69) is 6.92 Å². The summed E-state index contributed by atoms with van der Waals surface area (Å²) in [5.74, 6) is 0. The van der Waals surface area contributed by atoms with Crippen molar-refractivity contribution in [3.8, 4) is 0 Å². The first kappa shape index (κ1) is 22.9. The molecule has 0 saturated carbocycles. The van der Waals surface area contributed by atoms with Gasteiger partial charge < -0.3 is 10.2 Å². The van der Waals surface area contributed by atoms with E-state index in [0.29, 0.717) is 0 Å². The molecule has 0 aromatic heterocycles. The Bertz CT molecular complexity index is 206. The zero-order valence-electron chi connectivity index (χ0n) is 15.9. The van der Waals surface area contributed by atoms with Gasteiger partial charge in [-0.05, 0) is 6.42 Å². The fourth-order valence-corrected chi connectivity index (χ4v) is 3.20. The number of aliphatic hydroxyl groups excluding tert-OH is 2. The van der Waals surface area contributed by atoms with Gasteiger partial charge in [-0.3, -0.25) is 0 Å². The number of hydrogen-bond donors (Lipinski definition) is 2. The van der Waals surface area contributed by atoms with Gasteiger partial charge in [-0.25, -0.2) is 0 Å². The zero-order valence-corrected chi connectivity index (χ0v) is 15.9. The summed E-state index contributed by atoms with van der Waals surface area (Å²) in [5, 5.41) is 18.0. The van der Waals surface area contributed by atoms with E-state index < -0.39 is 6.10 Å². The molecule has 0 aromatic rings. The van der Waals surface area contributed by atoms with Gasteiger partial charge in [-0.1, -0.05) is 116 Å². The number of aliphatic hydroxyl groups is 2. The lowest BCUT2D eigenvalue weighted by atomic mass is 10.0. The molecule has 0 fully saturated rings. The SMILES string of the molecule is CCCCCCCCCCCCCCCCCCCC(O)CO. The van der Waals surface area contributed by atoms with Crippen LogP contribution in [-0.2, 0) is 0 Å². The smallest absolute Gasteiger partial charge is 0.0770 e. The summed E-state index contributed by atoms with van der Waals surface area (Å²) in [5.41, 5.74) is 0. The first-order valence-electron chi connectivity index (χ1n) is 10.6. The fourth-order valence-electron chi connectivity index (χ4n) is 3.20. The van der Waals surface area contributed by atoms with E-state index in [-0.39, 0.29) is 6.61 Å². The minimum absolute atomic E-state index is 0.0845. The van der Waals surface area contributed by atoms with Crippen molar-refractivity contribution in [1.82, 2.24) is 0 Å². The Morgan fingerprint density at radius 3 is 1.13 bits per heavy atom. The van der Waals surface area contributed by atoms with Crippen LogP contribution in [0.1, 0.15) is 122 Å². The van der Waals surface area contributed by atoms with Crippen LogP contribution in [-0.4, -0.2) is 22.9 Å². The van der Waals surface area contributed by atoms with Crippen molar-refractivity contribution in [2.75, 3.05) is 6.61 Å². The second-order valence-electron chi connectivity index (χ2n) is 7.28. The maximum Gasteiger partial charge on any atom is 0.0770 e. The maximum absolute atomic E-state index is 9.23. The molecule has 0 aliphatic carbocycles. The van der Waals surface area contributed by atoms with Crippen LogP contribution in [0.4, 0.5) is 0 Å². The Morgan fingerprint density at radius 1 is 0.522 bits per heavy atom. The molecule has 0 aliphatic heterocycles. The van der Waals surface area contributed by atoms with E-state index in [1.165, 1.54) is 103 Å². The summed E-state index contributed by atoms with van der Waals surface area (Å²) in [6, 6.07) is 0. The monoisotopic (exact) mass is 328 g/mol. The van der Waals surface area contributed by atoms with Crippen molar-refractivity contribution in [2.45, 2.75) is 129 Å². The highest BCUT2D eigenvalue weighted by Crippen LogP contribution is 2.14. The van der Waals surface area contributed by atoms with E-state index >= 15 is 0 Å². The molecule has 0 aromatic carbocycles. The average molecular weight is 329 g/mol. The van der Waals surface area contributed by atoms with Gasteiger partial charge in [0.2, 0.25) is 0 Å². The lowest BCUT2D eigenvalue weighted by molar-refractivity contribution is 0.0860. The van der Waals surface area contributed by atoms with Crippen LogP contribution in [0.5, 0.6) is 0 Å². The second kappa shape index (κ2) is 20.0. The highest BCUT2D eigenvalue weighted by atomic mass is 16.3. The van der Waals surface area contributed by atoms with Crippen molar-refractivity contribution in [1.29, 1.82) is 0 Å². The molecule has 0 spiro atoms. The Labute approximate surface area is 146 Å². The molecule has 0 rings (SSSR count). The molecule has 1 atom stereocenters. The summed E-state index contributed by atoms with van der Waals surface area (Å²) < 4.78 is 0. The molecule has 0 bridgehead atoms. The van der Waals surface area contributed by atoms with Crippen LogP contribution in [0.25, 0.3) is 0 Å². The molecule has 23 heavy (non-hydrogen) atoms. The summed E-state index contributed by atoms with van der Waals surface area (Å²) in [6.45, 7) is 2.20. The van der Waals surface area contributed by atoms with Crippen LogP contribution < -0.4 is 0 Å². The van der Waals surface area contributed by atoms with Crippen molar-refractivity contribution in [3.05, 3.63) is 0 Å². The van der Waals surface area contributed by atoms with E-state index in [9.17, 15) is 5.11 Å². The topological polar surface area (TPSA) is 40.5 Å². The summed E-state index contributed by atoms with van der Waals surface area (Å²) in [4.78, 5) is 0. The van der Waals surface area contributed by atoms with Gasteiger partial charge in [0.15, 0.2) is 0 Å². The first-order valence-corrected chi connectivity index (χ1v) is 10.6. The van der Waals surface area contributed by atoms with Crippen molar-refractivity contribution in [2.24, 2.45) is 0 Å². The predicted molar refractivity (Wildman–Crippen MR) is 102 cm³/mol. The molecule has 1 unspecified atom stereocenters. The van der Waals surface area contributed by atoms with Crippen LogP contribution in [0.3, 0.4) is 0 Å². The lowest BCUT2D eigenvalue weighted by Gasteiger charge is -2.06. The number of rotatable bonds is 19. The molecule has 0 heterocycles. The van der Waals surface area contributed by atoms with Crippen LogP contribution in [0.2, 0.25) is 0 Å². The van der Waals surface area contributed by atoms with Gasteiger partial charge in [0.05, 0.1) is 12.7 Å². The van der Waals surface area contributed by atoms with E-state index in [1.807, 2.05) is 0 Å². The summed E-state index contributed by atoms with van der Waals surface area (Å²) in [7, 11) is 0. The third-order valence-corrected chi connectivity index (χ3v) is 4.85. The molecule has 2 nitrogen and oxygen atoms in total. The Balaban J connectivity index is 2.97. The Kier molecular flexibility index (Phi) is 19.9. The first-order chi connectivity index (χ1) is 11.3. The average Bonchev–Trinajstić information content (AvgIpc) is 2.57. The van der Waals surface area contributed by atoms with E-state index in [4.69, 9.17) is 5.11 Å². The standard InChI is InChI=1S/C21H44O2/c1-2-3-4-5-6-7-8-9-10-11-12-13-14-15-16-17-18-19-21(23)20-22/h21-23H,2-20H2,1H3. The molecule has 0 radical (unpaired) electrons. The third kappa shape index (κ3) is 19.9. The van der Waals surface area contributed by atoms with Crippen LogP contribution in [0.15, 0.2) is 0 Å². The molecule has 0 saturated heterocycles. The fraction of sp³-hybridized carbons (Fsp3) is 1.00. The van der Waals surface area contributed by atoms with E-state index in [0.717, 1.165) is 12.8 Å². The third-order valence-electron chi connectivity index (χ3n) is 4.85. The van der Waals surface area contributed by atoms with Gasteiger partial charge in [-0.2, -0.15) is 0 Å². The highest BCUT2D eigenvalue weighted by Gasteiger charge is 2.00. The maximum atomic E-state index is 9.23. The quantitative estimate of drug-likeness (QED) is 0.270. The molecular weight excluding hydrogens is 284 g/mol. The lowest BCUT2D eigenvalue weighted by Crippen LogP contribution is -2.10. The van der Waals surface area contributed by atoms with Gasteiger partial charge in [0.25, 0.3) is 0 Å².